The Balaban J connectivity index is 1.38. The Bertz CT molecular complexity index is 1480. The number of rotatable bonds is 10. The van der Waals surface area contributed by atoms with E-state index in [9.17, 15) is 32.3 Å². The number of hydrogen-bond donors (Lipinski definition) is 2. The van der Waals surface area contributed by atoms with E-state index in [1.807, 2.05) is 13.8 Å². The monoisotopic (exact) mass is 621 g/mol. The number of carboxylic acid groups (broad SMARTS) is 1. The van der Waals surface area contributed by atoms with Crippen molar-refractivity contribution in [1.29, 1.82) is 0 Å². The first kappa shape index (κ1) is 30.5. The molecule has 0 spiro atoms. The summed E-state index contributed by atoms with van der Waals surface area (Å²) < 4.78 is 57.3. The first-order valence-corrected chi connectivity index (χ1v) is 15.4. The van der Waals surface area contributed by atoms with Crippen LogP contribution in [0.4, 0.5) is 17.6 Å². The van der Waals surface area contributed by atoms with E-state index in [-0.39, 0.29) is 34.6 Å². The van der Waals surface area contributed by atoms with Crippen LogP contribution in [0.25, 0.3) is 10.8 Å². The van der Waals surface area contributed by atoms with E-state index in [1.165, 1.54) is 61.4 Å². The largest absolute Gasteiger partial charge is 0.487 e. The highest BCUT2D eigenvalue weighted by Crippen LogP contribution is 2.52. The van der Waals surface area contributed by atoms with Crippen molar-refractivity contribution >= 4 is 46.2 Å². The molecule has 1 unspecified atom stereocenters. The van der Waals surface area contributed by atoms with Gasteiger partial charge in [-0.15, -0.1) is 11.8 Å². The van der Waals surface area contributed by atoms with Crippen LogP contribution in [0, 0.1) is 17.7 Å². The molecule has 0 saturated heterocycles. The molecule has 2 saturated carbocycles. The Morgan fingerprint density at radius 1 is 1.05 bits per heavy atom. The predicted octanol–water partition coefficient (Wildman–Crippen LogP) is 8.05. The molecule has 3 aromatic carbocycles. The van der Waals surface area contributed by atoms with Crippen LogP contribution in [0.15, 0.2) is 59.5 Å². The Kier molecular flexibility index (Phi) is 8.72. The molecule has 0 aromatic heterocycles. The van der Waals surface area contributed by atoms with Gasteiger partial charge in [0.1, 0.15) is 24.2 Å². The van der Waals surface area contributed by atoms with Crippen LogP contribution in [-0.4, -0.2) is 38.5 Å². The van der Waals surface area contributed by atoms with Crippen LogP contribution in [-0.2, 0) is 11.4 Å². The maximum atomic E-state index is 14.0. The van der Waals surface area contributed by atoms with Gasteiger partial charge in [0.15, 0.2) is 0 Å². The summed E-state index contributed by atoms with van der Waals surface area (Å²) in [5.74, 6) is -0.877. The average molecular weight is 622 g/mol. The van der Waals surface area contributed by atoms with Gasteiger partial charge in [-0.3, -0.25) is 4.79 Å². The van der Waals surface area contributed by atoms with Gasteiger partial charge in [0.2, 0.25) is 0 Å². The van der Waals surface area contributed by atoms with Gasteiger partial charge in [-0.2, -0.15) is 13.2 Å². The summed E-state index contributed by atoms with van der Waals surface area (Å²) in [7, 11) is 0. The van der Waals surface area contributed by atoms with Crippen molar-refractivity contribution in [3.63, 3.8) is 0 Å². The summed E-state index contributed by atoms with van der Waals surface area (Å²) in [6, 6.07) is 11.5. The maximum absolute atomic E-state index is 14.0. The number of thioether (sulfide) groups is 2. The van der Waals surface area contributed by atoms with E-state index in [2.05, 4.69) is 5.32 Å². The fourth-order valence-electron chi connectivity index (χ4n) is 6.08. The third-order valence-electron chi connectivity index (χ3n) is 8.06. The lowest BCUT2D eigenvalue weighted by atomic mass is 10.00. The van der Waals surface area contributed by atoms with Gasteiger partial charge in [0, 0.05) is 20.3 Å². The minimum Gasteiger partial charge on any atom is -0.487 e. The number of nitrogens with one attached hydrogen (secondary N) is 1. The molecule has 4 atom stereocenters. The number of halogens is 4. The Labute approximate surface area is 249 Å². The molecule has 2 N–H and O–H groups in total. The fourth-order valence-corrected chi connectivity index (χ4v) is 8.50. The van der Waals surface area contributed by atoms with Gasteiger partial charge in [0.05, 0.1) is 5.56 Å². The third kappa shape index (κ3) is 6.99. The van der Waals surface area contributed by atoms with E-state index in [0.29, 0.717) is 33.4 Å². The van der Waals surface area contributed by atoms with Gasteiger partial charge in [-0.1, -0.05) is 24.6 Å². The molecule has 2 fully saturated rings. The molecule has 11 heteroatoms. The average Bonchev–Trinajstić information content (AvgIpc) is 3.52. The standard InChI is InChI=1S/C31H31F4NO4S2/c1-30(2,42-25-14-18-3-6-20(25)13-18)27(29(38)39)36-28(37)24-11-7-19-15-21(32)8-12-23(19)26(24)40-16-17-4-9-22(10-5-17)41-31(33,34)35/h4-5,7-12,15,18,20,25,27H,3,6,13-14,16H2,1-2H3,(H,36,37)(H,38,39)/t18-,20+,25-,27?/m1/s1. The van der Waals surface area contributed by atoms with Crippen LogP contribution >= 0.6 is 23.5 Å². The Hall–Kier alpha value is -2.92. The van der Waals surface area contributed by atoms with Crippen LogP contribution in [0.1, 0.15) is 55.5 Å². The topological polar surface area (TPSA) is 75.6 Å². The number of benzene rings is 3. The second-order valence-electron chi connectivity index (χ2n) is 11.5. The van der Waals surface area contributed by atoms with Crippen molar-refractivity contribution in [2.75, 3.05) is 0 Å². The normalized spacial score (nSPS) is 21.0. The van der Waals surface area contributed by atoms with Gasteiger partial charge >= 0.3 is 11.5 Å². The number of carboxylic acids is 1. The van der Waals surface area contributed by atoms with Gasteiger partial charge in [0.25, 0.3) is 5.91 Å². The van der Waals surface area contributed by atoms with Crippen molar-refractivity contribution in [2.24, 2.45) is 11.8 Å². The number of carbonyl (C=O) groups is 2. The summed E-state index contributed by atoms with van der Waals surface area (Å²) in [5, 5.41) is 14.1. The van der Waals surface area contributed by atoms with E-state index in [4.69, 9.17) is 4.74 Å². The first-order chi connectivity index (χ1) is 19.8. The summed E-state index contributed by atoms with van der Waals surface area (Å²) in [4.78, 5) is 26.1. The number of fused-ring (bicyclic) bond motifs is 3. The van der Waals surface area contributed by atoms with Crippen molar-refractivity contribution in [1.82, 2.24) is 5.32 Å². The molecule has 5 rings (SSSR count). The van der Waals surface area contributed by atoms with Crippen molar-refractivity contribution in [3.05, 3.63) is 71.5 Å². The minimum atomic E-state index is -4.41. The SMILES string of the molecule is CC(C)(S[C@@H]1C[C@@H]2CC[C@H]1C2)C(NC(=O)c1ccc2cc(F)ccc2c1OCc1ccc(SC(F)(F)F)cc1)C(=O)O. The number of aliphatic carboxylic acids is 1. The first-order valence-electron chi connectivity index (χ1n) is 13.7. The maximum Gasteiger partial charge on any atom is 0.446 e. The molecule has 3 aromatic rings. The lowest BCUT2D eigenvalue weighted by Crippen LogP contribution is -2.53. The molecule has 42 heavy (non-hydrogen) atoms. The number of ether oxygens (including phenoxy) is 1. The minimum absolute atomic E-state index is 0.0255. The Morgan fingerprint density at radius 2 is 1.79 bits per heavy atom. The number of carbonyl (C=O) groups excluding carboxylic acids is 1. The van der Waals surface area contributed by atoms with Crippen LogP contribution in [0.3, 0.4) is 0 Å². The van der Waals surface area contributed by atoms with Crippen molar-refractivity contribution in [3.8, 4) is 5.75 Å². The third-order valence-corrected chi connectivity index (χ3v) is 10.5. The molecule has 1 amide bonds. The number of amides is 1. The van der Waals surface area contributed by atoms with Gasteiger partial charge in [-0.25, -0.2) is 9.18 Å². The number of hydrogen-bond acceptors (Lipinski definition) is 5. The number of alkyl halides is 3. The van der Waals surface area contributed by atoms with E-state index >= 15 is 0 Å². The zero-order valence-corrected chi connectivity index (χ0v) is 24.7. The Morgan fingerprint density at radius 3 is 2.40 bits per heavy atom. The molecule has 224 valence electrons. The second kappa shape index (κ2) is 12.0. The summed E-state index contributed by atoms with van der Waals surface area (Å²) in [6.45, 7) is 3.59. The zero-order chi connectivity index (χ0) is 30.2. The lowest BCUT2D eigenvalue weighted by molar-refractivity contribution is -0.139. The highest BCUT2D eigenvalue weighted by molar-refractivity contribution is 8.01. The molecular weight excluding hydrogens is 590 g/mol. The van der Waals surface area contributed by atoms with Gasteiger partial charge in [-0.05, 0) is 104 Å². The highest BCUT2D eigenvalue weighted by atomic mass is 32.2. The lowest BCUT2D eigenvalue weighted by Gasteiger charge is -2.36. The van der Waals surface area contributed by atoms with Crippen molar-refractivity contribution < 1.29 is 37.0 Å². The molecule has 2 aliphatic rings. The molecular formula is C31H31F4NO4S2. The molecule has 0 heterocycles. The molecule has 5 nitrogen and oxygen atoms in total. The van der Waals surface area contributed by atoms with Crippen LogP contribution in [0.5, 0.6) is 5.75 Å². The van der Waals surface area contributed by atoms with Crippen molar-refractivity contribution in [2.45, 2.75) is 72.6 Å². The smallest absolute Gasteiger partial charge is 0.446 e. The second-order valence-corrected chi connectivity index (χ2v) is 14.5. The van der Waals surface area contributed by atoms with Gasteiger partial charge < -0.3 is 15.2 Å². The molecule has 0 radical (unpaired) electrons. The van der Waals surface area contributed by atoms with E-state index < -0.39 is 34.0 Å². The highest BCUT2D eigenvalue weighted by Gasteiger charge is 2.46. The van der Waals surface area contributed by atoms with E-state index in [0.717, 1.165) is 12.8 Å². The summed E-state index contributed by atoms with van der Waals surface area (Å²) in [6.07, 6.45) is 4.63. The zero-order valence-electron chi connectivity index (χ0n) is 23.0. The quantitative estimate of drug-likeness (QED) is 0.176. The van der Waals surface area contributed by atoms with Crippen LogP contribution in [0.2, 0.25) is 0 Å². The summed E-state index contributed by atoms with van der Waals surface area (Å²) >= 11 is 1.40. The fraction of sp³-hybridized carbons (Fsp3) is 0.419. The van der Waals surface area contributed by atoms with E-state index in [1.54, 1.807) is 17.8 Å². The molecule has 0 aliphatic heterocycles. The molecule has 2 bridgehead atoms. The summed E-state index contributed by atoms with van der Waals surface area (Å²) in [5.41, 5.74) is -3.78. The predicted molar refractivity (Wildman–Crippen MR) is 156 cm³/mol. The molecule has 2 aliphatic carbocycles. The van der Waals surface area contributed by atoms with Crippen LogP contribution < -0.4 is 10.1 Å².